The molecule has 0 amide bonds. The first-order valence-corrected chi connectivity index (χ1v) is 5.85. The number of allylic oxidation sites excluding steroid dienone is 1. The average Bonchev–Trinajstić information content (AvgIpc) is 2.75. The van der Waals surface area contributed by atoms with E-state index in [1.54, 1.807) is 10.9 Å². The van der Waals surface area contributed by atoms with E-state index in [-0.39, 0.29) is 0 Å². The molecule has 0 spiro atoms. The number of hydrogen-bond acceptors (Lipinski definition) is 4. The molecule has 17 heavy (non-hydrogen) atoms. The third kappa shape index (κ3) is 3.04. The second-order valence-electron chi connectivity index (χ2n) is 3.40. The van der Waals surface area contributed by atoms with Crippen molar-refractivity contribution in [1.82, 2.24) is 14.8 Å². The van der Waals surface area contributed by atoms with Gasteiger partial charge in [-0.2, -0.15) is 0 Å². The van der Waals surface area contributed by atoms with Gasteiger partial charge >= 0.3 is 0 Å². The normalized spacial score (nSPS) is 11.5. The van der Waals surface area contributed by atoms with Crippen LogP contribution in [0.4, 0.5) is 0 Å². The van der Waals surface area contributed by atoms with E-state index in [4.69, 9.17) is 0 Å². The summed E-state index contributed by atoms with van der Waals surface area (Å²) in [5.74, 6) is 0. The molecule has 0 bridgehead atoms. The summed E-state index contributed by atoms with van der Waals surface area (Å²) in [6.45, 7) is 0. The van der Waals surface area contributed by atoms with Crippen molar-refractivity contribution in [2.24, 2.45) is 7.05 Å². The third-order valence-corrected chi connectivity index (χ3v) is 3.11. The molecule has 1 heterocycles. The number of aldehydes is 1. The second kappa shape index (κ2) is 5.45. The molecular formula is C12H11N3OS. The van der Waals surface area contributed by atoms with Gasteiger partial charge < -0.3 is 4.57 Å². The van der Waals surface area contributed by atoms with Crippen molar-refractivity contribution in [2.75, 3.05) is 0 Å². The lowest BCUT2D eigenvalue weighted by Gasteiger charge is -1.99. The lowest BCUT2D eigenvalue weighted by atomic mass is 10.2. The summed E-state index contributed by atoms with van der Waals surface area (Å²) in [7, 11) is 1.84. The van der Waals surface area contributed by atoms with E-state index in [0.29, 0.717) is 10.1 Å². The number of hydrogen-bond donors (Lipinski definition) is 0. The maximum Gasteiger partial charge on any atom is 0.195 e. The topological polar surface area (TPSA) is 47.8 Å². The molecule has 0 atom stereocenters. The Kier molecular flexibility index (Phi) is 3.72. The highest BCUT2D eigenvalue weighted by Gasteiger charge is 2.05. The number of aryl methyl sites for hydroxylation is 1. The van der Waals surface area contributed by atoms with E-state index in [9.17, 15) is 4.79 Å². The Morgan fingerprint density at radius 3 is 2.71 bits per heavy atom. The van der Waals surface area contributed by atoms with E-state index >= 15 is 0 Å². The van der Waals surface area contributed by atoms with Crippen molar-refractivity contribution >= 4 is 24.1 Å². The van der Waals surface area contributed by atoms with Crippen LogP contribution in [0.2, 0.25) is 0 Å². The number of aromatic nitrogens is 3. The molecule has 1 aromatic heterocycles. The summed E-state index contributed by atoms with van der Waals surface area (Å²) in [4.78, 5) is 11.6. The maximum atomic E-state index is 11.0. The Bertz CT molecular complexity index is 534. The molecule has 2 rings (SSSR count). The number of carbonyl (C=O) groups is 1. The summed E-state index contributed by atoms with van der Waals surface area (Å²) < 4.78 is 1.77. The quantitative estimate of drug-likeness (QED) is 0.470. The van der Waals surface area contributed by atoms with Crippen LogP contribution in [0.25, 0.3) is 6.08 Å². The zero-order valence-electron chi connectivity index (χ0n) is 9.28. The molecule has 5 heteroatoms. The van der Waals surface area contributed by atoms with Crippen LogP contribution in [0, 0.1) is 0 Å². The van der Waals surface area contributed by atoms with Gasteiger partial charge in [0.05, 0.1) is 4.91 Å². The molecule has 0 aliphatic rings. The molecule has 0 unspecified atom stereocenters. The summed E-state index contributed by atoms with van der Waals surface area (Å²) in [6, 6.07) is 9.69. The van der Waals surface area contributed by atoms with Crippen LogP contribution in [0.1, 0.15) is 5.56 Å². The van der Waals surface area contributed by atoms with Gasteiger partial charge in [-0.15, -0.1) is 10.2 Å². The van der Waals surface area contributed by atoms with Gasteiger partial charge in [0.15, 0.2) is 11.4 Å². The van der Waals surface area contributed by atoms with Gasteiger partial charge in [-0.3, -0.25) is 4.79 Å². The predicted octanol–water partition coefficient (Wildman–Crippen LogP) is 2.15. The monoisotopic (exact) mass is 245 g/mol. The van der Waals surface area contributed by atoms with E-state index in [0.717, 1.165) is 11.8 Å². The lowest BCUT2D eigenvalue weighted by Crippen LogP contribution is -1.90. The molecule has 0 aliphatic heterocycles. The Labute approximate surface area is 103 Å². The van der Waals surface area contributed by atoms with Gasteiger partial charge in [0.1, 0.15) is 6.33 Å². The molecule has 4 nitrogen and oxygen atoms in total. The number of nitrogens with zero attached hydrogens (tertiary/aromatic N) is 3. The average molecular weight is 245 g/mol. The van der Waals surface area contributed by atoms with Gasteiger partial charge in [-0.05, 0) is 23.4 Å². The summed E-state index contributed by atoms with van der Waals surface area (Å²) in [6.07, 6.45) is 4.26. The Balaban J connectivity index is 2.20. The van der Waals surface area contributed by atoms with Crippen LogP contribution < -0.4 is 0 Å². The fourth-order valence-electron chi connectivity index (χ4n) is 1.27. The summed E-state index contributed by atoms with van der Waals surface area (Å²) in [5.41, 5.74) is 0.990. The van der Waals surface area contributed by atoms with Gasteiger partial charge in [0, 0.05) is 7.05 Å². The molecule has 0 N–H and O–H groups in total. The number of carbonyl (C=O) groups excluding carboxylic acids is 1. The van der Waals surface area contributed by atoms with Gasteiger partial charge in [-0.25, -0.2) is 0 Å². The summed E-state index contributed by atoms with van der Waals surface area (Å²) in [5, 5.41) is 8.38. The SMILES string of the molecule is Cn1cnnc1S/C(C=O)=C\c1ccccc1. The lowest BCUT2D eigenvalue weighted by molar-refractivity contribution is -0.104. The summed E-state index contributed by atoms with van der Waals surface area (Å²) >= 11 is 1.30. The maximum absolute atomic E-state index is 11.0. The van der Waals surface area contributed by atoms with Crippen molar-refractivity contribution in [3.63, 3.8) is 0 Å². The fourth-order valence-corrected chi connectivity index (χ4v) is 2.00. The standard InChI is InChI=1S/C12H11N3OS/c1-15-9-13-14-12(15)17-11(8-16)7-10-5-3-2-4-6-10/h2-9H,1H3/b11-7-. The molecule has 0 saturated heterocycles. The molecular weight excluding hydrogens is 234 g/mol. The number of benzene rings is 1. The Hall–Kier alpha value is -1.88. The zero-order valence-corrected chi connectivity index (χ0v) is 10.1. The van der Waals surface area contributed by atoms with Gasteiger partial charge in [0.2, 0.25) is 0 Å². The minimum atomic E-state index is 0.604. The second-order valence-corrected chi connectivity index (χ2v) is 4.44. The smallest absolute Gasteiger partial charge is 0.195 e. The van der Waals surface area contributed by atoms with Crippen LogP contribution in [0.3, 0.4) is 0 Å². The predicted molar refractivity (Wildman–Crippen MR) is 67.3 cm³/mol. The van der Waals surface area contributed by atoms with E-state index < -0.39 is 0 Å². The molecule has 1 aromatic carbocycles. The zero-order chi connectivity index (χ0) is 12.1. The van der Waals surface area contributed by atoms with Crippen molar-refractivity contribution in [3.8, 4) is 0 Å². The van der Waals surface area contributed by atoms with Crippen LogP contribution in [0.15, 0.2) is 46.7 Å². The van der Waals surface area contributed by atoms with Gasteiger partial charge in [0.25, 0.3) is 0 Å². The number of rotatable bonds is 4. The minimum Gasteiger partial charge on any atom is -0.311 e. The van der Waals surface area contributed by atoms with E-state index in [1.165, 1.54) is 11.8 Å². The first-order valence-electron chi connectivity index (χ1n) is 5.03. The Morgan fingerprint density at radius 2 is 2.12 bits per heavy atom. The van der Waals surface area contributed by atoms with Crippen LogP contribution >= 0.6 is 11.8 Å². The first kappa shape index (κ1) is 11.6. The van der Waals surface area contributed by atoms with Gasteiger partial charge in [-0.1, -0.05) is 30.3 Å². The minimum absolute atomic E-state index is 0.604. The highest BCUT2D eigenvalue weighted by molar-refractivity contribution is 8.03. The van der Waals surface area contributed by atoms with Crippen molar-refractivity contribution < 1.29 is 4.79 Å². The highest BCUT2D eigenvalue weighted by Crippen LogP contribution is 2.24. The van der Waals surface area contributed by atoms with Crippen molar-refractivity contribution in [2.45, 2.75) is 5.16 Å². The van der Waals surface area contributed by atoms with E-state index in [2.05, 4.69) is 10.2 Å². The fraction of sp³-hybridized carbons (Fsp3) is 0.0833. The molecule has 86 valence electrons. The van der Waals surface area contributed by atoms with Crippen LogP contribution in [0.5, 0.6) is 0 Å². The highest BCUT2D eigenvalue weighted by atomic mass is 32.2. The van der Waals surface area contributed by atoms with Crippen LogP contribution in [-0.2, 0) is 11.8 Å². The van der Waals surface area contributed by atoms with Crippen LogP contribution in [-0.4, -0.2) is 21.1 Å². The molecule has 0 aliphatic carbocycles. The van der Waals surface area contributed by atoms with Crippen molar-refractivity contribution in [3.05, 3.63) is 47.1 Å². The van der Waals surface area contributed by atoms with E-state index in [1.807, 2.05) is 43.5 Å². The first-order chi connectivity index (χ1) is 8.29. The molecule has 0 fully saturated rings. The van der Waals surface area contributed by atoms with Crippen molar-refractivity contribution in [1.29, 1.82) is 0 Å². The molecule has 0 saturated carbocycles. The molecule has 2 aromatic rings. The number of thioether (sulfide) groups is 1. The largest absolute Gasteiger partial charge is 0.311 e. The Morgan fingerprint density at radius 1 is 1.35 bits per heavy atom. The third-order valence-electron chi connectivity index (χ3n) is 2.10. The molecule has 0 radical (unpaired) electrons.